The summed E-state index contributed by atoms with van der Waals surface area (Å²) in [5.74, 6) is -0.701. The minimum absolute atomic E-state index is 0.701. The number of rotatable bonds is 1. The maximum absolute atomic E-state index is 10.2. The van der Waals surface area contributed by atoms with Gasteiger partial charge in [-0.05, 0) is 6.92 Å². The lowest BCUT2D eigenvalue weighted by atomic mass is 10.4. The average Bonchev–Trinajstić information content (AvgIpc) is 1.67. The van der Waals surface area contributed by atoms with E-state index in [0.29, 0.717) is 0 Å². The number of hydrogen-bond donors (Lipinski definition) is 1. The van der Waals surface area contributed by atoms with Crippen LogP contribution >= 0.6 is 0 Å². The Balaban J connectivity index is 3.53. The van der Waals surface area contributed by atoms with Crippen LogP contribution in [-0.2, 0) is 9.53 Å². The predicted molar refractivity (Wildman–Crippen MR) is 25.4 cm³/mol. The summed E-state index contributed by atoms with van der Waals surface area (Å²) >= 11 is 0. The van der Waals surface area contributed by atoms with Crippen LogP contribution in [0.15, 0.2) is 0 Å². The molecule has 0 fully saturated rings. The molecule has 8 heavy (non-hydrogen) atoms. The van der Waals surface area contributed by atoms with Gasteiger partial charge < -0.3 is 10.5 Å². The second-order valence-electron chi connectivity index (χ2n) is 1.30. The molecule has 44 valence electrons. The first-order valence-corrected chi connectivity index (χ1v) is 2.04. The molecule has 2 N–H and O–H groups in total. The Labute approximate surface area is 46.8 Å². The fraction of sp³-hybridized carbons (Fsp3) is 0.500. The van der Waals surface area contributed by atoms with Crippen LogP contribution in [0.4, 0.5) is 0 Å². The fourth-order valence-electron chi connectivity index (χ4n) is 0.138. The highest BCUT2D eigenvalue weighted by molar-refractivity contribution is 5.75. The molecule has 1 unspecified atom stereocenters. The Kier molecular flexibility index (Phi) is 2.59. The number of ether oxygens (including phenoxy) is 1. The third-order valence-corrected chi connectivity index (χ3v) is 0.518. The van der Waals surface area contributed by atoms with Crippen molar-refractivity contribution >= 4 is 5.97 Å². The third-order valence-electron chi connectivity index (χ3n) is 0.518. The van der Waals surface area contributed by atoms with Crippen LogP contribution in [0.5, 0.6) is 0 Å². The fourth-order valence-corrected chi connectivity index (χ4v) is 0.138. The zero-order valence-corrected chi connectivity index (χ0v) is 4.42. The van der Waals surface area contributed by atoms with E-state index in [1.807, 2.05) is 0 Å². The maximum atomic E-state index is 10.2. The largest absolute Gasteiger partial charge is 0.350 e. The Hall–Kier alpha value is -1.08. The van der Waals surface area contributed by atoms with Crippen molar-refractivity contribution in [2.45, 2.75) is 13.0 Å². The zero-order chi connectivity index (χ0) is 6.57. The summed E-state index contributed by atoms with van der Waals surface area (Å²) in [7, 11) is 0. The van der Waals surface area contributed by atoms with E-state index < -0.39 is 12.0 Å². The Morgan fingerprint density at radius 1 is 2.00 bits per heavy atom. The smallest absolute Gasteiger partial charge is 0.338 e. The van der Waals surface area contributed by atoms with Crippen LogP contribution in [0.3, 0.4) is 0 Å². The normalized spacial score (nSPS) is 11.6. The molecule has 0 aromatic carbocycles. The van der Waals surface area contributed by atoms with Crippen molar-refractivity contribution in [3.63, 3.8) is 0 Å². The summed E-state index contributed by atoms with van der Waals surface area (Å²) in [6, 6.07) is -0.713. The molecule has 0 aromatic rings. The Morgan fingerprint density at radius 2 is 2.50 bits per heavy atom. The second kappa shape index (κ2) is 2.99. The van der Waals surface area contributed by atoms with Gasteiger partial charge in [-0.25, -0.2) is 4.79 Å². The minimum Gasteiger partial charge on any atom is -0.350 e. The highest BCUT2D eigenvalue weighted by atomic mass is 16.5. The second-order valence-corrected chi connectivity index (χ2v) is 1.30. The van der Waals surface area contributed by atoms with Gasteiger partial charge in [0, 0.05) is 0 Å². The van der Waals surface area contributed by atoms with Gasteiger partial charge in [0.05, 0.1) is 0 Å². The summed E-state index contributed by atoms with van der Waals surface area (Å²) in [5, 5.41) is 7.74. The molecule has 0 aliphatic carbocycles. The molecular weight excluding hydrogens is 108 g/mol. The molecule has 4 nitrogen and oxygen atoms in total. The topological polar surface area (TPSA) is 76.1 Å². The standard InChI is InChI=1S/C4H6N2O2/c1-3(6)4(7)8-2-5/h3H,6H2,1H3. The lowest BCUT2D eigenvalue weighted by Gasteiger charge is -1.95. The number of hydrogen-bond acceptors (Lipinski definition) is 4. The average molecular weight is 114 g/mol. The van der Waals surface area contributed by atoms with Crippen LogP contribution in [0, 0.1) is 11.5 Å². The molecule has 0 amide bonds. The van der Waals surface area contributed by atoms with Crippen molar-refractivity contribution in [3.05, 3.63) is 0 Å². The van der Waals surface area contributed by atoms with Crippen molar-refractivity contribution in [1.82, 2.24) is 0 Å². The van der Waals surface area contributed by atoms with Crippen LogP contribution in [0.2, 0.25) is 0 Å². The number of nitrogens with zero attached hydrogens (tertiary/aromatic N) is 1. The molecule has 0 heterocycles. The number of nitrogens with two attached hydrogens (primary N) is 1. The van der Waals surface area contributed by atoms with E-state index in [9.17, 15) is 4.79 Å². The van der Waals surface area contributed by atoms with Gasteiger partial charge in [-0.15, -0.1) is 5.26 Å². The first-order chi connectivity index (χ1) is 3.68. The molecule has 4 heteroatoms. The van der Waals surface area contributed by atoms with E-state index in [1.165, 1.54) is 13.2 Å². The molecule has 0 aromatic heterocycles. The Bertz CT molecular complexity index is 124. The molecule has 1 atom stereocenters. The molecule has 0 saturated carbocycles. The van der Waals surface area contributed by atoms with Crippen molar-refractivity contribution in [1.29, 1.82) is 5.26 Å². The lowest BCUT2D eigenvalue weighted by molar-refractivity contribution is -0.138. The maximum Gasteiger partial charge on any atom is 0.338 e. The molecule has 0 spiro atoms. The summed E-state index contributed by atoms with van der Waals surface area (Å²) in [4.78, 5) is 10.2. The van der Waals surface area contributed by atoms with E-state index in [4.69, 9.17) is 11.0 Å². The number of nitriles is 1. The van der Waals surface area contributed by atoms with Gasteiger partial charge in [0.15, 0.2) is 0 Å². The summed E-state index contributed by atoms with van der Waals surface area (Å²) in [6.45, 7) is 1.44. The van der Waals surface area contributed by atoms with Crippen LogP contribution in [0.1, 0.15) is 6.92 Å². The van der Waals surface area contributed by atoms with Gasteiger partial charge >= 0.3 is 5.97 Å². The lowest BCUT2D eigenvalue weighted by Crippen LogP contribution is -2.27. The van der Waals surface area contributed by atoms with E-state index in [-0.39, 0.29) is 0 Å². The molecule has 0 bridgehead atoms. The van der Waals surface area contributed by atoms with Gasteiger partial charge in [0.1, 0.15) is 6.04 Å². The minimum atomic E-state index is -0.713. The summed E-state index contributed by atoms with van der Waals surface area (Å²) in [5.41, 5.74) is 5.00. The number of carbonyl (C=O) groups is 1. The number of carbonyl (C=O) groups excluding carboxylic acids is 1. The molecular formula is C4H6N2O2. The first-order valence-electron chi connectivity index (χ1n) is 2.04. The molecule has 0 radical (unpaired) electrons. The predicted octanol–water partition coefficient (Wildman–Crippen LogP) is -0.642. The monoisotopic (exact) mass is 114 g/mol. The van der Waals surface area contributed by atoms with Gasteiger partial charge in [-0.2, -0.15) is 0 Å². The third kappa shape index (κ3) is 2.16. The van der Waals surface area contributed by atoms with Crippen LogP contribution < -0.4 is 5.73 Å². The van der Waals surface area contributed by atoms with E-state index in [1.54, 1.807) is 0 Å². The van der Waals surface area contributed by atoms with Crippen molar-refractivity contribution in [2.75, 3.05) is 0 Å². The Morgan fingerprint density at radius 3 is 2.62 bits per heavy atom. The molecule has 0 aliphatic rings. The summed E-state index contributed by atoms with van der Waals surface area (Å²) in [6.07, 6.45) is 1.22. The van der Waals surface area contributed by atoms with Gasteiger partial charge in [0.2, 0.25) is 0 Å². The van der Waals surface area contributed by atoms with Crippen molar-refractivity contribution in [3.8, 4) is 6.26 Å². The van der Waals surface area contributed by atoms with Gasteiger partial charge in [-0.1, -0.05) is 0 Å². The van der Waals surface area contributed by atoms with E-state index in [0.717, 1.165) is 0 Å². The first kappa shape index (κ1) is 6.92. The van der Waals surface area contributed by atoms with Gasteiger partial charge in [0.25, 0.3) is 6.26 Å². The molecule has 0 rings (SSSR count). The van der Waals surface area contributed by atoms with E-state index >= 15 is 0 Å². The van der Waals surface area contributed by atoms with E-state index in [2.05, 4.69) is 4.74 Å². The zero-order valence-electron chi connectivity index (χ0n) is 4.42. The quantitative estimate of drug-likeness (QED) is 0.363. The highest BCUT2D eigenvalue weighted by Gasteiger charge is 2.06. The van der Waals surface area contributed by atoms with Crippen molar-refractivity contribution in [2.24, 2.45) is 5.73 Å². The SMILES string of the molecule is CC(N)C(=O)OC#N. The number of esters is 1. The van der Waals surface area contributed by atoms with Gasteiger partial charge in [-0.3, -0.25) is 0 Å². The van der Waals surface area contributed by atoms with Crippen LogP contribution in [-0.4, -0.2) is 12.0 Å². The summed E-state index contributed by atoms with van der Waals surface area (Å²) < 4.78 is 3.84. The van der Waals surface area contributed by atoms with Crippen LogP contribution in [0.25, 0.3) is 0 Å². The molecule has 0 aliphatic heterocycles. The van der Waals surface area contributed by atoms with Crippen molar-refractivity contribution < 1.29 is 9.53 Å². The molecule has 0 saturated heterocycles. The highest BCUT2D eigenvalue weighted by Crippen LogP contribution is 1.78.